The number of nitrogens with zero attached hydrogens (tertiary/aromatic N) is 5. The molecule has 5 nitrogen and oxygen atoms in total. The van der Waals surface area contributed by atoms with Gasteiger partial charge in [0.15, 0.2) is 0 Å². The molecule has 12 aromatic rings. The molecule has 0 N–H and O–H groups in total. The zero-order valence-corrected chi connectivity index (χ0v) is 37.6. The molecule has 0 spiro atoms. The van der Waals surface area contributed by atoms with Gasteiger partial charge in [0.1, 0.15) is 5.82 Å². The van der Waals surface area contributed by atoms with E-state index in [1.54, 1.807) is 0 Å². The number of fused-ring (bicyclic) bond motifs is 6. The van der Waals surface area contributed by atoms with Crippen LogP contribution >= 0.6 is 0 Å². The number of aromatic nitrogens is 2. The summed E-state index contributed by atoms with van der Waals surface area (Å²) < 4.78 is 2.28. The minimum absolute atomic E-state index is 0.610. The molecular weight excluding hydrogens is 839 g/mol. The Morgan fingerprint density at radius 2 is 0.696 bits per heavy atom. The van der Waals surface area contributed by atoms with E-state index in [0.717, 1.165) is 106 Å². The second-order valence-electron chi connectivity index (χ2n) is 17.1. The Kier molecular flexibility index (Phi) is 10.5. The van der Waals surface area contributed by atoms with Gasteiger partial charge in [-0.05, 0) is 154 Å². The lowest BCUT2D eigenvalue weighted by molar-refractivity contribution is 1.11. The van der Waals surface area contributed by atoms with Crippen molar-refractivity contribution in [3.05, 3.63) is 266 Å². The fraction of sp³-hybridized carbons (Fsp3) is 0. The van der Waals surface area contributed by atoms with Crippen molar-refractivity contribution >= 4 is 66.7 Å². The van der Waals surface area contributed by atoms with Crippen molar-refractivity contribution in [3.8, 4) is 45.4 Å². The summed E-state index contributed by atoms with van der Waals surface area (Å²) in [5.41, 5.74) is 15.6. The number of para-hydroxylation sites is 5. The molecule has 0 atom stereocenters. The van der Waals surface area contributed by atoms with E-state index in [1.165, 1.54) is 0 Å². The van der Waals surface area contributed by atoms with Crippen LogP contribution in [0.1, 0.15) is 5.56 Å². The van der Waals surface area contributed by atoms with E-state index >= 15 is 0 Å². The van der Waals surface area contributed by atoms with Crippen LogP contribution in [0.5, 0.6) is 0 Å². The van der Waals surface area contributed by atoms with Gasteiger partial charge in [0, 0.05) is 56.1 Å². The van der Waals surface area contributed by atoms with E-state index in [9.17, 15) is 5.26 Å². The van der Waals surface area contributed by atoms with Gasteiger partial charge in [-0.2, -0.15) is 5.26 Å². The maximum Gasteiger partial charge on any atom is 0.145 e. The highest BCUT2D eigenvalue weighted by molar-refractivity contribution is 6.25. The number of imidazole rings is 1. The first-order chi connectivity index (χ1) is 34.2. The lowest BCUT2D eigenvalue weighted by atomic mass is 9.93. The normalized spacial score (nSPS) is 11.2. The minimum atomic E-state index is 0.610. The molecule has 12 rings (SSSR count). The Bertz CT molecular complexity index is 3710. The molecule has 0 aliphatic heterocycles. The van der Waals surface area contributed by atoms with Crippen molar-refractivity contribution < 1.29 is 0 Å². The molecule has 0 radical (unpaired) electrons. The molecule has 0 unspecified atom stereocenters. The number of hydrogen-bond donors (Lipinski definition) is 0. The van der Waals surface area contributed by atoms with E-state index in [2.05, 4.69) is 251 Å². The zero-order valence-electron chi connectivity index (χ0n) is 37.6. The van der Waals surface area contributed by atoms with Crippen molar-refractivity contribution in [2.75, 3.05) is 9.80 Å². The van der Waals surface area contributed by atoms with Gasteiger partial charge in [-0.15, -0.1) is 0 Å². The lowest BCUT2D eigenvalue weighted by Crippen LogP contribution is -2.09. The van der Waals surface area contributed by atoms with Crippen LogP contribution in [0.2, 0.25) is 0 Å². The van der Waals surface area contributed by atoms with E-state index in [0.29, 0.717) is 5.56 Å². The predicted molar refractivity (Wildman–Crippen MR) is 286 cm³/mol. The minimum Gasteiger partial charge on any atom is -0.311 e. The molecular formula is C64H43N5. The van der Waals surface area contributed by atoms with Gasteiger partial charge in [0.05, 0.1) is 22.7 Å². The molecule has 324 valence electrons. The van der Waals surface area contributed by atoms with Crippen LogP contribution in [-0.2, 0) is 0 Å². The standard InChI is InChI=1S/C64H43N5/c65-44-45-26-28-48(29-27-45)64-66-62-58-40-34-49(46-30-36-56(37-31-46)67(51-16-6-1-7-17-51)52-18-8-2-9-19-52)42-60(58)61-43-50(35-41-59(61)63(62)69(64)55-24-14-5-15-25-55)47-32-38-57(39-33-47)68(53-20-10-3-11-21-53)54-22-12-4-13-23-54/h1-43H. The van der Waals surface area contributed by atoms with Crippen molar-refractivity contribution in [2.45, 2.75) is 0 Å². The third kappa shape index (κ3) is 7.62. The van der Waals surface area contributed by atoms with Gasteiger partial charge in [0.25, 0.3) is 0 Å². The quantitative estimate of drug-likeness (QED) is 0.128. The molecule has 1 heterocycles. The number of benzene rings is 11. The first-order valence-corrected chi connectivity index (χ1v) is 23.2. The first kappa shape index (κ1) is 41.0. The molecule has 1 aromatic heterocycles. The molecule has 0 bridgehead atoms. The summed E-state index contributed by atoms with van der Waals surface area (Å²) in [6, 6.07) is 94.0. The van der Waals surface area contributed by atoms with E-state index in [-0.39, 0.29) is 0 Å². The predicted octanol–water partition coefficient (Wildman–Crippen LogP) is 17.1. The number of rotatable bonds is 10. The highest BCUT2D eigenvalue weighted by atomic mass is 15.1. The number of hydrogen-bond acceptors (Lipinski definition) is 4. The summed E-state index contributed by atoms with van der Waals surface area (Å²) >= 11 is 0. The van der Waals surface area contributed by atoms with Crippen LogP contribution < -0.4 is 9.80 Å². The summed E-state index contributed by atoms with van der Waals surface area (Å²) in [5.74, 6) is 0.816. The highest BCUT2D eigenvalue weighted by Crippen LogP contribution is 2.43. The van der Waals surface area contributed by atoms with Crippen LogP contribution in [0.3, 0.4) is 0 Å². The highest BCUT2D eigenvalue weighted by Gasteiger charge is 2.22. The summed E-state index contributed by atoms with van der Waals surface area (Å²) in [6.07, 6.45) is 0. The van der Waals surface area contributed by atoms with Gasteiger partial charge >= 0.3 is 0 Å². The molecule has 11 aromatic carbocycles. The third-order valence-corrected chi connectivity index (χ3v) is 13.0. The molecule has 0 aliphatic rings. The molecule has 5 heteroatoms. The first-order valence-electron chi connectivity index (χ1n) is 23.2. The Hall–Kier alpha value is -9.50. The summed E-state index contributed by atoms with van der Waals surface area (Å²) in [5, 5.41) is 14.1. The maximum absolute atomic E-state index is 9.68. The number of anilines is 6. The largest absolute Gasteiger partial charge is 0.311 e. The second kappa shape index (κ2) is 17.7. The van der Waals surface area contributed by atoms with Gasteiger partial charge in [-0.1, -0.05) is 140 Å². The Morgan fingerprint density at radius 3 is 1.13 bits per heavy atom. The van der Waals surface area contributed by atoms with E-state index in [4.69, 9.17) is 4.98 Å². The van der Waals surface area contributed by atoms with Crippen molar-refractivity contribution in [1.82, 2.24) is 9.55 Å². The molecule has 0 fully saturated rings. The van der Waals surface area contributed by atoms with Crippen LogP contribution in [0.15, 0.2) is 261 Å². The Balaban J connectivity index is 1.04. The Labute approximate surface area is 401 Å². The van der Waals surface area contributed by atoms with Gasteiger partial charge in [-0.25, -0.2) is 4.98 Å². The van der Waals surface area contributed by atoms with Gasteiger partial charge < -0.3 is 9.80 Å². The van der Waals surface area contributed by atoms with Crippen LogP contribution in [-0.4, -0.2) is 9.55 Å². The summed E-state index contributed by atoms with van der Waals surface area (Å²) in [6.45, 7) is 0. The van der Waals surface area contributed by atoms with Crippen molar-refractivity contribution in [2.24, 2.45) is 0 Å². The maximum atomic E-state index is 9.68. The zero-order chi connectivity index (χ0) is 46.1. The van der Waals surface area contributed by atoms with Crippen LogP contribution in [0, 0.1) is 11.3 Å². The van der Waals surface area contributed by atoms with Crippen LogP contribution in [0.4, 0.5) is 34.1 Å². The average Bonchev–Trinajstić information content (AvgIpc) is 3.84. The molecule has 0 saturated carbocycles. The topological polar surface area (TPSA) is 48.1 Å². The lowest BCUT2D eigenvalue weighted by Gasteiger charge is -2.25. The SMILES string of the molecule is N#Cc1ccc(-c2nc3c4ccc(-c5ccc(N(c6ccccc6)c6ccccc6)cc5)cc4c4cc(-c5ccc(N(c6ccccc6)c6ccccc6)cc5)ccc4c3n2-c2ccccc2)cc1. The third-order valence-electron chi connectivity index (χ3n) is 13.0. The fourth-order valence-corrected chi connectivity index (χ4v) is 9.69. The van der Waals surface area contributed by atoms with E-state index in [1.807, 2.05) is 30.3 Å². The molecule has 0 amide bonds. The van der Waals surface area contributed by atoms with E-state index < -0.39 is 0 Å². The average molecular weight is 882 g/mol. The molecule has 0 aliphatic carbocycles. The van der Waals surface area contributed by atoms with Crippen LogP contribution in [0.25, 0.3) is 71.9 Å². The smallest absolute Gasteiger partial charge is 0.145 e. The van der Waals surface area contributed by atoms with Crippen molar-refractivity contribution in [1.29, 1.82) is 5.26 Å². The summed E-state index contributed by atoms with van der Waals surface area (Å²) in [4.78, 5) is 10.1. The molecule has 0 saturated heterocycles. The fourth-order valence-electron chi connectivity index (χ4n) is 9.69. The van der Waals surface area contributed by atoms with Crippen molar-refractivity contribution in [3.63, 3.8) is 0 Å². The summed E-state index contributed by atoms with van der Waals surface area (Å²) in [7, 11) is 0. The Morgan fingerprint density at radius 1 is 0.333 bits per heavy atom. The van der Waals surface area contributed by atoms with Gasteiger partial charge in [-0.3, -0.25) is 4.57 Å². The molecule has 69 heavy (non-hydrogen) atoms. The monoisotopic (exact) mass is 881 g/mol. The second-order valence-corrected chi connectivity index (χ2v) is 17.1. The van der Waals surface area contributed by atoms with Gasteiger partial charge in [0.2, 0.25) is 0 Å². The number of nitriles is 1.